The molecule has 0 aliphatic rings. The van der Waals surface area contributed by atoms with Crippen LogP contribution in [0.2, 0.25) is 0 Å². The van der Waals surface area contributed by atoms with Crippen molar-refractivity contribution in [3.63, 3.8) is 0 Å². The van der Waals surface area contributed by atoms with Gasteiger partial charge < -0.3 is 15.2 Å². The molecule has 1 aromatic carbocycles. The van der Waals surface area contributed by atoms with Crippen molar-refractivity contribution >= 4 is 21.7 Å². The molecule has 0 saturated carbocycles. The predicted octanol–water partition coefficient (Wildman–Crippen LogP) is 2.30. The van der Waals surface area contributed by atoms with E-state index in [1.807, 2.05) is 27.7 Å². The summed E-state index contributed by atoms with van der Waals surface area (Å²) in [5.74, 6) is -1.19. The van der Waals surface area contributed by atoms with Gasteiger partial charge in [-0.25, -0.2) is 17.9 Å². The van der Waals surface area contributed by atoms with E-state index < -0.39 is 16.0 Å². The van der Waals surface area contributed by atoms with Gasteiger partial charge >= 0.3 is 5.97 Å². The number of hydrogen-bond acceptors (Lipinski definition) is 5. The van der Waals surface area contributed by atoms with E-state index in [-0.39, 0.29) is 22.5 Å². The summed E-state index contributed by atoms with van der Waals surface area (Å²) in [5.41, 5.74) is -0.0466. The molecule has 0 aromatic heterocycles. The zero-order valence-electron chi connectivity index (χ0n) is 14.5. The first kappa shape index (κ1) is 20.4. The van der Waals surface area contributed by atoms with Crippen LogP contribution < -0.4 is 10.0 Å². The second-order valence-electron chi connectivity index (χ2n) is 6.34. The average Bonchev–Trinajstić information content (AvgIpc) is 2.45. The second-order valence-corrected chi connectivity index (χ2v) is 8.10. The quantitative estimate of drug-likeness (QED) is 0.585. The Kier molecular flexibility index (Phi) is 7.19. The molecular weight excluding hydrogens is 332 g/mol. The molecule has 0 amide bonds. The molecule has 0 spiro atoms. The molecule has 7 nitrogen and oxygen atoms in total. The lowest BCUT2D eigenvalue weighted by Crippen LogP contribution is -2.28. The molecule has 0 fully saturated rings. The number of rotatable bonds is 9. The van der Waals surface area contributed by atoms with E-state index in [0.717, 1.165) is 0 Å². The van der Waals surface area contributed by atoms with Gasteiger partial charge in [-0.15, -0.1) is 0 Å². The number of hydrogen-bond donors (Lipinski definition) is 3. The second kappa shape index (κ2) is 8.46. The lowest BCUT2D eigenvalue weighted by molar-refractivity contribution is 0.0697. The molecule has 24 heavy (non-hydrogen) atoms. The predicted molar refractivity (Wildman–Crippen MR) is 93.1 cm³/mol. The normalized spacial score (nSPS) is 12.2. The van der Waals surface area contributed by atoms with Crippen molar-refractivity contribution in [3.05, 3.63) is 23.8 Å². The summed E-state index contributed by atoms with van der Waals surface area (Å²) in [5, 5.41) is 12.4. The first-order valence-electron chi connectivity index (χ1n) is 7.80. The standard InChI is InChI=1S/C16H26N2O5S/c1-5-23-10-6-9-17-24(21,22)12-7-8-14(18-16(2,3)4)13(11-12)15(19)20/h7-8,11,17-18H,5-6,9-10H2,1-4H3,(H,19,20). The fourth-order valence-corrected chi connectivity index (χ4v) is 3.09. The summed E-state index contributed by atoms with van der Waals surface area (Å²) >= 11 is 0. The van der Waals surface area contributed by atoms with Crippen LogP contribution >= 0.6 is 0 Å². The largest absolute Gasteiger partial charge is 0.478 e. The van der Waals surface area contributed by atoms with Gasteiger partial charge in [-0.05, 0) is 52.3 Å². The molecule has 0 radical (unpaired) electrons. The summed E-state index contributed by atoms with van der Waals surface area (Å²) in [6.07, 6.45) is 0.544. The highest BCUT2D eigenvalue weighted by atomic mass is 32.2. The summed E-state index contributed by atoms with van der Waals surface area (Å²) in [7, 11) is -3.76. The van der Waals surface area contributed by atoms with Gasteiger partial charge in [-0.3, -0.25) is 0 Å². The van der Waals surface area contributed by atoms with Gasteiger partial charge in [0.15, 0.2) is 0 Å². The maximum absolute atomic E-state index is 12.3. The number of sulfonamides is 1. The summed E-state index contributed by atoms with van der Waals surface area (Å²) < 4.78 is 32.1. The van der Waals surface area contributed by atoms with Crippen molar-refractivity contribution < 1.29 is 23.1 Å². The Morgan fingerprint density at radius 1 is 1.29 bits per heavy atom. The number of carbonyl (C=O) groups is 1. The molecule has 0 heterocycles. The van der Waals surface area contributed by atoms with Gasteiger partial charge in [0.2, 0.25) is 10.0 Å². The van der Waals surface area contributed by atoms with Gasteiger partial charge in [0.25, 0.3) is 0 Å². The molecule has 1 rings (SSSR count). The van der Waals surface area contributed by atoms with Gasteiger partial charge in [0.1, 0.15) is 0 Å². The number of carboxylic acids is 1. The zero-order chi connectivity index (χ0) is 18.4. The maximum Gasteiger partial charge on any atom is 0.337 e. The molecule has 1 aromatic rings. The minimum absolute atomic E-state index is 0.0734. The van der Waals surface area contributed by atoms with Crippen LogP contribution in [0.25, 0.3) is 0 Å². The molecular formula is C16H26N2O5S. The maximum atomic E-state index is 12.3. The van der Waals surface area contributed by atoms with Gasteiger partial charge in [-0.2, -0.15) is 0 Å². The van der Waals surface area contributed by atoms with E-state index in [1.54, 1.807) is 0 Å². The Balaban J connectivity index is 2.95. The lowest BCUT2D eigenvalue weighted by Gasteiger charge is -2.23. The van der Waals surface area contributed by atoms with E-state index in [2.05, 4.69) is 10.0 Å². The summed E-state index contributed by atoms with van der Waals surface area (Å²) in [6.45, 7) is 8.82. The molecule has 0 aliphatic carbocycles. The van der Waals surface area contributed by atoms with Gasteiger partial charge in [0, 0.05) is 31.0 Å². The number of aromatic carboxylic acids is 1. The van der Waals surface area contributed by atoms with Crippen LogP contribution in [0.15, 0.2) is 23.1 Å². The minimum atomic E-state index is -3.76. The Morgan fingerprint density at radius 3 is 2.50 bits per heavy atom. The van der Waals surface area contributed by atoms with Crippen molar-refractivity contribution in [2.45, 2.75) is 44.6 Å². The third-order valence-electron chi connectivity index (χ3n) is 3.00. The van der Waals surface area contributed by atoms with Crippen molar-refractivity contribution in [1.82, 2.24) is 4.72 Å². The van der Waals surface area contributed by atoms with Gasteiger partial charge in [0.05, 0.1) is 10.5 Å². The highest BCUT2D eigenvalue weighted by Gasteiger charge is 2.20. The molecule has 0 unspecified atom stereocenters. The molecule has 136 valence electrons. The number of ether oxygens (including phenoxy) is 1. The summed E-state index contributed by atoms with van der Waals surface area (Å²) in [4.78, 5) is 11.4. The topological polar surface area (TPSA) is 105 Å². The first-order chi connectivity index (χ1) is 11.1. The average molecular weight is 358 g/mol. The Bertz CT molecular complexity index is 666. The SMILES string of the molecule is CCOCCCNS(=O)(=O)c1ccc(NC(C)(C)C)c(C(=O)O)c1. The van der Waals surface area contributed by atoms with Gasteiger partial charge in [-0.1, -0.05) is 0 Å². The molecule has 8 heteroatoms. The van der Waals surface area contributed by atoms with Crippen LogP contribution in [0.4, 0.5) is 5.69 Å². The van der Waals surface area contributed by atoms with Crippen molar-refractivity contribution in [1.29, 1.82) is 0 Å². The van der Waals surface area contributed by atoms with E-state index in [9.17, 15) is 18.3 Å². The van der Waals surface area contributed by atoms with Crippen LogP contribution in [-0.2, 0) is 14.8 Å². The molecule has 0 saturated heterocycles. The van der Waals surface area contributed by atoms with Crippen molar-refractivity contribution in [2.75, 3.05) is 25.1 Å². The highest BCUT2D eigenvalue weighted by Crippen LogP contribution is 2.23. The zero-order valence-corrected chi connectivity index (χ0v) is 15.4. The fourth-order valence-electron chi connectivity index (χ4n) is 1.99. The first-order valence-corrected chi connectivity index (χ1v) is 9.28. The Hall–Kier alpha value is -1.64. The Labute approximate surface area is 143 Å². The van der Waals surface area contributed by atoms with Crippen LogP contribution in [0.1, 0.15) is 44.5 Å². The molecule has 0 atom stereocenters. The monoisotopic (exact) mass is 358 g/mol. The molecule has 3 N–H and O–H groups in total. The van der Waals surface area contributed by atoms with Crippen LogP contribution in [-0.4, -0.2) is 44.8 Å². The Morgan fingerprint density at radius 2 is 1.96 bits per heavy atom. The van der Waals surface area contributed by atoms with Crippen LogP contribution in [0, 0.1) is 0 Å². The van der Waals surface area contributed by atoms with E-state index in [0.29, 0.717) is 25.3 Å². The molecule has 0 bridgehead atoms. The lowest BCUT2D eigenvalue weighted by atomic mass is 10.1. The smallest absolute Gasteiger partial charge is 0.337 e. The number of anilines is 1. The van der Waals surface area contributed by atoms with Crippen molar-refractivity contribution in [2.24, 2.45) is 0 Å². The van der Waals surface area contributed by atoms with Crippen LogP contribution in [0.5, 0.6) is 0 Å². The third-order valence-corrected chi connectivity index (χ3v) is 4.46. The number of carboxylic acid groups (broad SMARTS) is 1. The third kappa shape index (κ3) is 6.46. The van der Waals surface area contributed by atoms with E-state index in [1.165, 1.54) is 18.2 Å². The van der Waals surface area contributed by atoms with E-state index in [4.69, 9.17) is 4.74 Å². The van der Waals surface area contributed by atoms with E-state index >= 15 is 0 Å². The molecule has 0 aliphatic heterocycles. The minimum Gasteiger partial charge on any atom is -0.478 e. The fraction of sp³-hybridized carbons (Fsp3) is 0.562. The van der Waals surface area contributed by atoms with Crippen molar-refractivity contribution in [3.8, 4) is 0 Å². The highest BCUT2D eigenvalue weighted by molar-refractivity contribution is 7.89. The number of benzene rings is 1. The summed E-state index contributed by atoms with van der Waals surface area (Å²) in [6, 6.07) is 4.04. The number of nitrogens with one attached hydrogen (secondary N) is 2. The van der Waals surface area contributed by atoms with Crippen LogP contribution in [0.3, 0.4) is 0 Å².